The Kier molecular flexibility index (Phi) is 6.19. The van der Waals surface area contributed by atoms with Crippen LogP contribution in [0.1, 0.15) is 36.5 Å². The summed E-state index contributed by atoms with van der Waals surface area (Å²) in [6.45, 7) is 1.84. The largest absolute Gasteiger partial charge is 0.507 e. The Balaban J connectivity index is 2.46. The van der Waals surface area contributed by atoms with Gasteiger partial charge in [0.15, 0.2) is 11.7 Å². The summed E-state index contributed by atoms with van der Waals surface area (Å²) in [5.41, 5.74) is 11.0. The van der Waals surface area contributed by atoms with Gasteiger partial charge in [-0.15, -0.1) is 0 Å². The Morgan fingerprint density at radius 1 is 1.29 bits per heavy atom. The fourth-order valence-electron chi connectivity index (χ4n) is 1.72. The minimum atomic E-state index is -0.263. The molecule has 0 fully saturated rings. The van der Waals surface area contributed by atoms with Crippen molar-refractivity contribution < 1.29 is 14.7 Å². The molecule has 7 heteroatoms. The molecule has 1 rings (SSSR count). The van der Waals surface area contributed by atoms with Gasteiger partial charge >= 0.3 is 0 Å². The van der Waals surface area contributed by atoms with Crippen LogP contribution in [0.5, 0.6) is 5.75 Å². The summed E-state index contributed by atoms with van der Waals surface area (Å²) >= 11 is 0. The number of guanidine groups is 1. The van der Waals surface area contributed by atoms with Crippen LogP contribution in [0, 0.1) is 0 Å². The van der Waals surface area contributed by atoms with Crippen LogP contribution in [0.3, 0.4) is 0 Å². The zero-order valence-electron chi connectivity index (χ0n) is 11.9. The van der Waals surface area contributed by atoms with Crippen LogP contribution in [-0.2, 0) is 4.79 Å². The maximum absolute atomic E-state index is 11.7. The first-order valence-electron chi connectivity index (χ1n) is 6.59. The van der Waals surface area contributed by atoms with Crippen LogP contribution in [-0.4, -0.2) is 29.3 Å². The van der Waals surface area contributed by atoms with Gasteiger partial charge in [-0.05, 0) is 38.0 Å². The van der Waals surface area contributed by atoms with Gasteiger partial charge < -0.3 is 21.9 Å². The zero-order chi connectivity index (χ0) is 15.8. The number of phenolic OH excluding ortho intramolecular Hbond substituents is 1. The molecule has 0 aliphatic rings. The minimum absolute atomic E-state index is 0.0420. The lowest BCUT2D eigenvalue weighted by Gasteiger charge is -2.07. The standard InChI is InChI=1S/C14H20N4O3/c1-9(19)11-8-10(5-6-12(11)20)18-13(21)4-2-3-7-17-14(15)16/h5-6,8,20H,2-4,7H2,1H3,(H,18,21)(H4,15,16,17). The van der Waals surface area contributed by atoms with Crippen molar-refractivity contribution in [3.8, 4) is 5.75 Å². The fraction of sp³-hybridized carbons (Fsp3) is 0.357. The van der Waals surface area contributed by atoms with Crippen LogP contribution in [0.15, 0.2) is 23.2 Å². The molecule has 0 aliphatic carbocycles. The van der Waals surface area contributed by atoms with Gasteiger partial charge in [0.05, 0.1) is 5.56 Å². The predicted molar refractivity (Wildman–Crippen MR) is 81.3 cm³/mol. The molecule has 114 valence electrons. The zero-order valence-corrected chi connectivity index (χ0v) is 11.9. The van der Waals surface area contributed by atoms with Crippen LogP contribution in [0.25, 0.3) is 0 Å². The van der Waals surface area contributed by atoms with E-state index in [-0.39, 0.29) is 29.0 Å². The van der Waals surface area contributed by atoms with Gasteiger partial charge in [0.2, 0.25) is 5.91 Å². The lowest BCUT2D eigenvalue weighted by molar-refractivity contribution is -0.116. The SMILES string of the molecule is CC(=O)c1cc(NC(=O)CCCCN=C(N)N)ccc1O. The predicted octanol–water partition coefficient (Wildman–Crippen LogP) is 0.977. The van der Waals surface area contributed by atoms with Crippen LogP contribution >= 0.6 is 0 Å². The van der Waals surface area contributed by atoms with E-state index in [1.165, 1.54) is 19.1 Å². The number of aliphatic imine (C=N–C) groups is 1. The van der Waals surface area contributed by atoms with Crippen LogP contribution in [0.2, 0.25) is 0 Å². The normalized spacial score (nSPS) is 9.95. The average Bonchev–Trinajstić information content (AvgIpc) is 2.40. The van der Waals surface area contributed by atoms with E-state index in [2.05, 4.69) is 10.3 Å². The number of benzene rings is 1. The summed E-state index contributed by atoms with van der Waals surface area (Å²) in [6.07, 6.45) is 1.69. The molecule has 1 aromatic carbocycles. The van der Waals surface area contributed by atoms with E-state index in [1.807, 2.05) is 0 Å². The number of phenols is 1. The molecule has 0 saturated heterocycles. The maximum Gasteiger partial charge on any atom is 0.224 e. The first-order chi connectivity index (χ1) is 9.90. The Labute approximate surface area is 123 Å². The van der Waals surface area contributed by atoms with E-state index >= 15 is 0 Å². The highest BCUT2D eigenvalue weighted by Crippen LogP contribution is 2.22. The first kappa shape index (κ1) is 16.5. The highest BCUT2D eigenvalue weighted by molar-refractivity contribution is 5.99. The number of anilines is 1. The number of nitrogens with two attached hydrogens (primary N) is 2. The third-order valence-corrected chi connectivity index (χ3v) is 2.77. The number of amides is 1. The molecule has 0 spiro atoms. The van der Waals surface area contributed by atoms with Gasteiger partial charge in [-0.3, -0.25) is 14.6 Å². The van der Waals surface area contributed by atoms with Crippen molar-refractivity contribution in [2.75, 3.05) is 11.9 Å². The molecule has 0 heterocycles. The van der Waals surface area contributed by atoms with E-state index < -0.39 is 0 Å². The molecule has 0 aromatic heterocycles. The minimum Gasteiger partial charge on any atom is -0.507 e. The van der Waals surface area contributed by atoms with E-state index in [0.29, 0.717) is 31.5 Å². The Hall–Kier alpha value is -2.57. The molecule has 0 radical (unpaired) electrons. The van der Waals surface area contributed by atoms with Gasteiger partial charge in [-0.25, -0.2) is 0 Å². The summed E-state index contributed by atoms with van der Waals surface area (Å²) < 4.78 is 0. The lowest BCUT2D eigenvalue weighted by Crippen LogP contribution is -2.23. The van der Waals surface area contributed by atoms with Crippen molar-refractivity contribution >= 4 is 23.3 Å². The Bertz CT molecular complexity index is 551. The number of aromatic hydroxyl groups is 1. The first-order valence-corrected chi connectivity index (χ1v) is 6.59. The molecule has 0 bridgehead atoms. The number of nitrogens with one attached hydrogen (secondary N) is 1. The third kappa shape index (κ3) is 5.94. The summed E-state index contributed by atoms with van der Waals surface area (Å²) in [4.78, 5) is 26.9. The quantitative estimate of drug-likeness (QED) is 0.195. The smallest absolute Gasteiger partial charge is 0.224 e. The van der Waals surface area contributed by atoms with Crippen molar-refractivity contribution in [1.29, 1.82) is 0 Å². The molecule has 0 unspecified atom stereocenters. The van der Waals surface area contributed by atoms with Crippen molar-refractivity contribution in [2.45, 2.75) is 26.2 Å². The maximum atomic E-state index is 11.7. The van der Waals surface area contributed by atoms with Crippen molar-refractivity contribution in [2.24, 2.45) is 16.5 Å². The van der Waals surface area contributed by atoms with E-state index in [4.69, 9.17) is 11.5 Å². The number of carbonyl (C=O) groups excluding carboxylic acids is 2. The number of nitrogens with zero attached hydrogens (tertiary/aromatic N) is 1. The number of rotatable bonds is 7. The summed E-state index contributed by atoms with van der Waals surface area (Å²) in [6, 6.07) is 4.37. The van der Waals surface area contributed by atoms with Gasteiger partial charge in [0.25, 0.3) is 0 Å². The number of carbonyl (C=O) groups is 2. The highest BCUT2D eigenvalue weighted by atomic mass is 16.3. The van der Waals surface area contributed by atoms with Crippen molar-refractivity contribution in [3.63, 3.8) is 0 Å². The number of unbranched alkanes of at least 4 members (excludes halogenated alkanes) is 1. The number of ketones is 1. The second kappa shape index (κ2) is 7.88. The molecule has 6 N–H and O–H groups in total. The molecule has 0 aliphatic heterocycles. The van der Waals surface area contributed by atoms with E-state index in [0.717, 1.165) is 0 Å². The number of hydrogen-bond acceptors (Lipinski definition) is 4. The fourth-order valence-corrected chi connectivity index (χ4v) is 1.72. The second-order valence-corrected chi connectivity index (χ2v) is 4.60. The monoisotopic (exact) mass is 292 g/mol. The Morgan fingerprint density at radius 2 is 2.00 bits per heavy atom. The summed E-state index contributed by atoms with van der Waals surface area (Å²) in [5, 5.41) is 12.2. The molecule has 1 aromatic rings. The van der Waals surface area contributed by atoms with Gasteiger partial charge in [0.1, 0.15) is 5.75 Å². The van der Waals surface area contributed by atoms with E-state index in [1.54, 1.807) is 6.07 Å². The van der Waals surface area contributed by atoms with Gasteiger partial charge in [-0.2, -0.15) is 0 Å². The van der Waals surface area contributed by atoms with Crippen LogP contribution < -0.4 is 16.8 Å². The molecule has 1 amide bonds. The van der Waals surface area contributed by atoms with Gasteiger partial charge in [0, 0.05) is 18.7 Å². The summed E-state index contributed by atoms with van der Waals surface area (Å²) in [7, 11) is 0. The molecule has 0 saturated carbocycles. The molecule has 21 heavy (non-hydrogen) atoms. The molecule has 7 nitrogen and oxygen atoms in total. The van der Waals surface area contributed by atoms with Gasteiger partial charge in [-0.1, -0.05) is 0 Å². The topological polar surface area (TPSA) is 131 Å². The van der Waals surface area contributed by atoms with E-state index in [9.17, 15) is 14.7 Å². The highest BCUT2D eigenvalue weighted by Gasteiger charge is 2.09. The van der Waals surface area contributed by atoms with Crippen LogP contribution in [0.4, 0.5) is 5.69 Å². The summed E-state index contributed by atoms with van der Waals surface area (Å²) in [5.74, 6) is -0.487. The van der Waals surface area contributed by atoms with Crippen molar-refractivity contribution in [1.82, 2.24) is 0 Å². The molecule has 0 atom stereocenters. The molecular formula is C14H20N4O3. The average molecular weight is 292 g/mol. The number of hydrogen-bond donors (Lipinski definition) is 4. The molecular weight excluding hydrogens is 272 g/mol. The number of Topliss-reactive ketones (excluding diaryl/α,β-unsaturated/α-hetero) is 1. The van der Waals surface area contributed by atoms with Crippen molar-refractivity contribution in [3.05, 3.63) is 23.8 Å². The Morgan fingerprint density at radius 3 is 2.62 bits per heavy atom. The second-order valence-electron chi connectivity index (χ2n) is 4.60. The third-order valence-electron chi connectivity index (χ3n) is 2.77. The lowest BCUT2D eigenvalue weighted by atomic mass is 10.1.